The molecule has 36 heavy (non-hydrogen) atoms. The molecular weight excluding hydrogens is 452 g/mol. The molecule has 0 bridgehead atoms. The van der Waals surface area contributed by atoms with Crippen LogP contribution in [0.5, 0.6) is 11.5 Å². The summed E-state index contributed by atoms with van der Waals surface area (Å²) in [5.74, 6) is 1.87. The third-order valence-electron chi connectivity index (χ3n) is 7.58. The van der Waals surface area contributed by atoms with Crippen LogP contribution >= 0.6 is 0 Å². The number of piperidine rings is 1. The van der Waals surface area contributed by atoms with Crippen molar-refractivity contribution in [1.29, 1.82) is 0 Å². The second kappa shape index (κ2) is 9.01. The second-order valence-electron chi connectivity index (χ2n) is 10.1. The van der Waals surface area contributed by atoms with Crippen molar-refractivity contribution in [2.75, 3.05) is 26.3 Å². The number of amides is 2. The molecule has 6 nitrogen and oxygen atoms in total. The van der Waals surface area contributed by atoms with Crippen LogP contribution in [0.15, 0.2) is 60.7 Å². The van der Waals surface area contributed by atoms with E-state index in [0.717, 1.165) is 40.8 Å². The van der Waals surface area contributed by atoms with Crippen molar-refractivity contribution in [3.63, 3.8) is 0 Å². The van der Waals surface area contributed by atoms with Gasteiger partial charge in [-0.05, 0) is 61.4 Å². The molecule has 3 aromatic carbocycles. The maximum Gasteiger partial charge on any atom is 0.255 e. The number of fused-ring (bicyclic) bond motifs is 2. The number of para-hydroxylation sites is 1. The molecule has 2 amide bonds. The molecule has 6 heteroatoms. The maximum atomic E-state index is 13.9. The highest BCUT2D eigenvalue weighted by Crippen LogP contribution is 2.50. The summed E-state index contributed by atoms with van der Waals surface area (Å²) in [4.78, 5) is 29.0. The lowest BCUT2D eigenvalue weighted by Crippen LogP contribution is -2.45. The normalized spacial score (nSPS) is 21.6. The number of carbonyl (C=O) groups is 2. The summed E-state index contributed by atoms with van der Waals surface area (Å²) in [6.45, 7) is 6.13. The summed E-state index contributed by atoms with van der Waals surface area (Å²) in [5, 5.41) is 3.08. The van der Waals surface area contributed by atoms with Gasteiger partial charge in [0.25, 0.3) is 11.8 Å². The Balaban J connectivity index is 1.23. The first kappa shape index (κ1) is 22.7. The molecule has 0 unspecified atom stereocenters. The van der Waals surface area contributed by atoms with E-state index in [0.29, 0.717) is 48.7 Å². The predicted octanol–water partition coefficient (Wildman–Crippen LogP) is 4.63. The van der Waals surface area contributed by atoms with Gasteiger partial charge in [-0.25, -0.2) is 0 Å². The second-order valence-corrected chi connectivity index (χ2v) is 10.1. The smallest absolute Gasteiger partial charge is 0.255 e. The lowest BCUT2D eigenvalue weighted by molar-refractivity contribution is 0.0695. The zero-order valence-electron chi connectivity index (χ0n) is 20.6. The lowest BCUT2D eigenvalue weighted by atomic mass is 9.95. The van der Waals surface area contributed by atoms with Crippen LogP contribution in [0.25, 0.3) is 11.1 Å². The average molecular weight is 483 g/mol. The van der Waals surface area contributed by atoms with E-state index in [1.165, 1.54) is 0 Å². The monoisotopic (exact) mass is 482 g/mol. The summed E-state index contributed by atoms with van der Waals surface area (Å²) < 4.78 is 11.3. The van der Waals surface area contributed by atoms with Gasteiger partial charge in [0.05, 0.1) is 11.6 Å². The number of likely N-dealkylation sites (tertiary alicyclic amines) is 1. The maximum absolute atomic E-state index is 13.9. The van der Waals surface area contributed by atoms with Crippen LogP contribution in [0.2, 0.25) is 0 Å². The number of benzene rings is 3. The van der Waals surface area contributed by atoms with E-state index < -0.39 is 0 Å². The molecule has 1 saturated carbocycles. The lowest BCUT2D eigenvalue weighted by Gasteiger charge is -2.29. The van der Waals surface area contributed by atoms with Gasteiger partial charge in [-0.2, -0.15) is 0 Å². The molecule has 0 aromatic heterocycles. The van der Waals surface area contributed by atoms with Gasteiger partial charge in [0.15, 0.2) is 11.5 Å². The topological polar surface area (TPSA) is 67.9 Å². The van der Waals surface area contributed by atoms with E-state index in [9.17, 15) is 9.59 Å². The molecule has 3 aliphatic rings. The Bertz CT molecular complexity index is 1350. The van der Waals surface area contributed by atoms with Crippen LogP contribution in [0, 0.1) is 25.7 Å². The molecule has 1 N–H and O–H groups in total. The first-order valence-corrected chi connectivity index (χ1v) is 12.6. The van der Waals surface area contributed by atoms with Crippen LogP contribution in [0.4, 0.5) is 0 Å². The van der Waals surface area contributed by atoms with Gasteiger partial charge in [0.1, 0.15) is 13.2 Å². The van der Waals surface area contributed by atoms with Crippen LogP contribution in [0.1, 0.15) is 38.3 Å². The van der Waals surface area contributed by atoms with Gasteiger partial charge in [0.2, 0.25) is 0 Å². The third-order valence-corrected chi connectivity index (χ3v) is 7.58. The van der Waals surface area contributed by atoms with Crippen molar-refractivity contribution in [3.05, 3.63) is 82.9 Å². The van der Waals surface area contributed by atoms with Crippen molar-refractivity contribution < 1.29 is 19.1 Å². The number of hydrogen-bond acceptors (Lipinski definition) is 4. The summed E-state index contributed by atoms with van der Waals surface area (Å²) >= 11 is 0. The van der Waals surface area contributed by atoms with Gasteiger partial charge in [-0.1, -0.05) is 53.6 Å². The molecule has 0 spiro atoms. The Kier molecular flexibility index (Phi) is 5.67. The number of ether oxygens (including phenoxy) is 2. The van der Waals surface area contributed by atoms with Crippen molar-refractivity contribution in [1.82, 2.24) is 10.2 Å². The highest BCUT2D eigenvalue weighted by atomic mass is 16.6. The Hall–Kier alpha value is -3.80. The predicted molar refractivity (Wildman–Crippen MR) is 138 cm³/mol. The Morgan fingerprint density at radius 3 is 2.61 bits per heavy atom. The Morgan fingerprint density at radius 2 is 1.75 bits per heavy atom. The van der Waals surface area contributed by atoms with E-state index in [1.807, 2.05) is 36.1 Å². The van der Waals surface area contributed by atoms with Crippen LogP contribution in [0.3, 0.4) is 0 Å². The summed E-state index contributed by atoms with van der Waals surface area (Å²) in [7, 11) is 0. The quantitative estimate of drug-likeness (QED) is 0.576. The fraction of sp³-hybridized carbons (Fsp3) is 0.333. The first-order chi connectivity index (χ1) is 17.5. The minimum atomic E-state index is -0.204. The van der Waals surface area contributed by atoms with E-state index in [-0.39, 0.29) is 17.9 Å². The molecule has 2 heterocycles. The van der Waals surface area contributed by atoms with Gasteiger partial charge in [-0.15, -0.1) is 0 Å². The first-order valence-electron chi connectivity index (χ1n) is 12.6. The molecule has 1 aliphatic carbocycles. The highest BCUT2D eigenvalue weighted by Gasteiger charge is 2.54. The van der Waals surface area contributed by atoms with E-state index in [4.69, 9.17) is 9.47 Å². The standard InChI is InChI=1S/C30H30N2O4/c1-18-5-3-6-20(13-18)22-10-9-19(2)14-25(22)30(34)32-17-21-15-24(21)26(32)16-31-29(33)23-7-4-8-27-28(23)36-12-11-35-27/h3-10,13-14,21,24,26H,11-12,15-17H2,1-2H3,(H,31,33)/t21-,24-,26-/m1/s1. The summed E-state index contributed by atoms with van der Waals surface area (Å²) in [6.07, 6.45) is 1.11. The number of aryl methyl sites for hydroxylation is 2. The van der Waals surface area contributed by atoms with Crippen molar-refractivity contribution >= 4 is 11.8 Å². The molecule has 1 saturated heterocycles. The van der Waals surface area contributed by atoms with Crippen LogP contribution < -0.4 is 14.8 Å². The average Bonchev–Trinajstić information content (AvgIpc) is 3.57. The number of hydrogen-bond donors (Lipinski definition) is 1. The fourth-order valence-corrected chi connectivity index (χ4v) is 5.67. The zero-order chi connectivity index (χ0) is 24.8. The SMILES string of the molecule is Cc1cccc(-c2ccc(C)cc2C(=O)N2C[C@H]3C[C@H]3[C@H]2CNC(=O)c2cccc3c2OCCO3)c1. The number of nitrogens with one attached hydrogen (secondary N) is 1. The summed E-state index contributed by atoms with van der Waals surface area (Å²) in [6, 6.07) is 19.7. The number of carbonyl (C=O) groups excluding carboxylic acids is 2. The fourth-order valence-electron chi connectivity index (χ4n) is 5.67. The van der Waals surface area contributed by atoms with Crippen molar-refractivity contribution in [2.45, 2.75) is 26.3 Å². The van der Waals surface area contributed by atoms with Crippen molar-refractivity contribution in [3.8, 4) is 22.6 Å². The molecule has 6 rings (SSSR count). The minimum absolute atomic E-state index is 0.0194. The van der Waals surface area contributed by atoms with E-state index >= 15 is 0 Å². The Morgan fingerprint density at radius 1 is 0.944 bits per heavy atom. The summed E-state index contributed by atoms with van der Waals surface area (Å²) in [5.41, 5.74) is 5.40. The van der Waals surface area contributed by atoms with Gasteiger partial charge < -0.3 is 19.7 Å². The molecule has 2 fully saturated rings. The van der Waals surface area contributed by atoms with E-state index in [1.54, 1.807) is 12.1 Å². The molecule has 3 atom stereocenters. The molecule has 0 radical (unpaired) electrons. The minimum Gasteiger partial charge on any atom is -0.486 e. The van der Waals surface area contributed by atoms with Gasteiger partial charge in [0, 0.05) is 18.7 Å². The molecular formula is C30H30N2O4. The highest BCUT2D eigenvalue weighted by molar-refractivity contribution is 6.02. The molecule has 3 aromatic rings. The van der Waals surface area contributed by atoms with Gasteiger partial charge >= 0.3 is 0 Å². The van der Waals surface area contributed by atoms with Crippen LogP contribution in [-0.4, -0.2) is 49.1 Å². The number of nitrogens with zero attached hydrogens (tertiary/aromatic N) is 1. The third kappa shape index (κ3) is 4.11. The van der Waals surface area contributed by atoms with E-state index in [2.05, 4.69) is 36.5 Å². The number of rotatable bonds is 5. The Labute approximate surface area is 211 Å². The largest absolute Gasteiger partial charge is 0.486 e. The zero-order valence-corrected chi connectivity index (χ0v) is 20.6. The van der Waals surface area contributed by atoms with Crippen LogP contribution in [-0.2, 0) is 0 Å². The molecule has 2 aliphatic heterocycles. The van der Waals surface area contributed by atoms with Gasteiger partial charge in [-0.3, -0.25) is 9.59 Å². The molecule has 184 valence electrons. The van der Waals surface area contributed by atoms with Crippen molar-refractivity contribution in [2.24, 2.45) is 11.8 Å².